The van der Waals surface area contributed by atoms with Gasteiger partial charge in [0.05, 0.1) is 20.8 Å². The van der Waals surface area contributed by atoms with E-state index in [0.717, 1.165) is 21.3 Å². The maximum Gasteiger partial charge on any atom is 0.330 e. The fourth-order valence-electron chi connectivity index (χ4n) is 5.57. The number of nitrogens with zero attached hydrogens (tertiary/aromatic N) is 1. The quantitative estimate of drug-likeness (QED) is 0.235. The number of carbonyl (C=O) groups is 1. The monoisotopic (exact) mass is 602 g/mol. The molecule has 11 heteroatoms. The summed E-state index contributed by atoms with van der Waals surface area (Å²) in [5.74, 6) is 0.671. The zero-order chi connectivity index (χ0) is 31.3. The Labute approximate surface area is 253 Å². The summed E-state index contributed by atoms with van der Waals surface area (Å²) in [4.78, 5) is 39.7. The summed E-state index contributed by atoms with van der Waals surface area (Å²) in [6.45, 7) is -0.655. The van der Waals surface area contributed by atoms with Gasteiger partial charge in [0.25, 0.3) is 5.56 Å². The third-order valence-electron chi connectivity index (χ3n) is 7.88. The molecule has 1 saturated heterocycles. The Morgan fingerprint density at radius 1 is 0.909 bits per heavy atom. The van der Waals surface area contributed by atoms with E-state index in [1.807, 2.05) is 78.9 Å². The van der Waals surface area contributed by atoms with Crippen LogP contribution in [0.4, 0.5) is 0 Å². The number of H-pyrrole nitrogens is 1. The average Bonchev–Trinajstić information content (AvgIpc) is 3.39. The number of aromatic nitrogens is 2. The van der Waals surface area contributed by atoms with Gasteiger partial charge in [0.1, 0.15) is 36.0 Å². The van der Waals surface area contributed by atoms with E-state index in [2.05, 4.69) is 4.98 Å². The zero-order valence-electron chi connectivity index (χ0n) is 24.6. The number of aromatic amines is 1. The second-order valence-electron chi connectivity index (χ2n) is 10.4. The Hall–Kier alpha value is -4.55. The lowest BCUT2D eigenvalue weighted by Crippen LogP contribution is -2.51. The highest BCUT2D eigenvalue weighted by atomic mass is 16.6. The predicted molar refractivity (Wildman–Crippen MR) is 160 cm³/mol. The molecule has 5 rings (SSSR count). The minimum atomic E-state index is -2.07. The summed E-state index contributed by atoms with van der Waals surface area (Å²) in [6, 6.07) is 25.5. The Balaban J connectivity index is 1.61. The molecule has 0 spiro atoms. The lowest BCUT2D eigenvalue weighted by molar-refractivity contribution is -0.156. The van der Waals surface area contributed by atoms with Crippen LogP contribution in [0.1, 0.15) is 29.3 Å². The number of ketones is 1. The molecule has 1 aromatic heterocycles. The van der Waals surface area contributed by atoms with Crippen molar-refractivity contribution in [2.45, 2.75) is 30.0 Å². The van der Waals surface area contributed by atoms with Gasteiger partial charge >= 0.3 is 5.69 Å². The zero-order valence-corrected chi connectivity index (χ0v) is 24.6. The van der Waals surface area contributed by atoms with Crippen LogP contribution in [0.2, 0.25) is 0 Å². The Morgan fingerprint density at radius 3 is 2.00 bits per heavy atom. The minimum Gasteiger partial charge on any atom is -0.497 e. The topological polar surface area (TPSA) is 138 Å². The van der Waals surface area contributed by atoms with Crippen molar-refractivity contribution in [1.29, 1.82) is 0 Å². The Morgan fingerprint density at radius 2 is 1.48 bits per heavy atom. The van der Waals surface area contributed by atoms with Crippen molar-refractivity contribution in [1.82, 2.24) is 9.55 Å². The number of ether oxygens (including phenoxy) is 5. The normalized spacial score (nSPS) is 19.9. The number of hydrogen-bond donors (Lipinski definition) is 2. The standard InChI is InChI=1S/C33H34N2O9/c1-40-20-27(36)32(39)19-30(35-18-17-29(37)34-31(35)38)44-28(32)21-43-33(22-7-5-4-6-8-22,23-9-13-25(41-2)14-10-23)24-11-15-26(42-3)16-12-24/h4-18,28,30,39H,19-21H2,1-3H3,(H,34,37,38)/t28-,30-,32-/m1/s1. The SMILES string of the molecule is COCC(=O)[C@]1(O)C[C@H](n2ccc(=O)[nH]c2=O)O[C@@H]1COC(c1ccccc1)(c1ccc(OC)cc1)c1ccc(OC)cc1. The van der Waals surface area contributed by atoms with Gasteiger partial charge < -0.3 is 28.8 Å². The molecule has 1 aliphatic heterocycles. The molecule has 0 radical (unpaired) electrons. The third kappa shape index (κ3) is 5.82. The van der Waals surface area contributed by atoms with Crippen LogP contribution in [0.15, 0.2) is 101 Å². The molecule has 11 nitrogen and oxygen atoms in total. The van der Waals surface area contributed by atoms with Gasteiger partial charge in [0.2, 0.25) is 0 Å². The summed E-state index contributed by atoms with van der Waals surface area (Å²) in [7, 11) is 4.51. The van der Waals surface area contributed by atoms with Crippen molar-refractivity contribution in [2.75, 3.05) is 34.5 Å². The van der Waals surface area contributed by atoms with E-state index >= 15 is 0 Å². The van der Waals surface area contributed by atoms with Crippen LogP contribution in [0.5, 0.6) is 11.5 Å². The molecule has 3 aromatic carbocycles. The maximum atomic E-state index is 13.3. The van der Waals surface area contributed by atoms with Gasteiger partial charge in [-0.1, -0.05) is 54.6 Å². The molecule has 0 aliphatic carbocycles. The molecule has 3 atom stereocenters. The van der Waals surface area contributed by atoms with Gasteiger partial charge in [-0.25, -0.2) is 4.79 Å². The minimum absolute atomic E-state index is 0.265. The average molecular weight is 603 g/mol. The number of methoxy groups -OCH3 is 3. The van der Waals surface area contributed by atoms with Crippen molar-refractivity contribution in [3.05, 3.63) is 129 Å². The van der Waals surface area contributed by atoms with E-state index in [4.69, 9.17) is 23.7 Å². The molecule has 1 fully saturated rings. The molecule has 0 saturated carbocycles. The first-order chi connectivity index (χ1) is 21.2. The van der Waals surface area contributed by atoms with Crippen molar-refractivity contribution < 1.29 is 33.6 Å². The van der Waals surface area contributed by atoms with Gasteiger partial charge in [-0.15, -0.1) is 0 Å². The van der Waals surface area contributed by atoms with Crippen molar-refractivity contribution in [2.24, 2.45) is 0 Å². The van der Waals surface area contributed by atoms with Crippen LogP contribution in [0.3, 0.4) is 0 Å². The van der Waals surface area contributed by atoms with E-state index in [9.17, 15) is 19.5 Å². The van der Waals surface area contributed by atoms with Crippen molar-refractivity contribution in [3.8, 4) is 11.5 Å². The second-order valence-corrected chi connectivity index (χ2v) is 10.4. The molecule has 0 bridgehead atoms. The summed E-state index contributed by atoms with van der Waals surface area (Å²) in [5, 5.41) is 11.8. The van der Waals surface area contributed by atoms with Crippen molar-refractivity contribution >= 4 is 5.78 Å². The van der Waals surface area contributed by atoms with Crippen LogP contribution in [-0.4, -0.2) is 66.7 Å². The number of carbonyl (C=O) groups excluding carboxylic acids is 1. The molecule has 230 valence electrons. The van der Waals surface area contributed by atoms with E-state index < -0.39 is 40.6 Å². The Kier molecular flexibility index (Phi) is 9.12. The van der Waals surface area contributed by atoms with E-state index in [-0.39, 0.29) is 19.6 Å². The van der Waals surface area contributed by atoms with Gasteiger partial charge in [0, 0.05) is 25.8 Å². The molecule has 2 N–H and O–H groups in total. The summed E-state index contributed by atoms with van der Waals surface area (Å²) < 4.78 is 30.0. The van der Waals surface area contributed by atoms with Crippen LogP contribution in [-0.2, 0) is 24.6 Å². The molecule has 44 heavy (non-hydrogen) atoms. The highest BCUT2D eigenvalue weighted by Gasteiger charge is 2.54. The lowest BCUT2D eigenvalue weighted by atomic mass is 9.79. The van der Waals surface area contributed by atoms with E-state index in [1.54, 1.807) is 14.2 Å². The smallest absolute Gasteiger partial charge is 0.330 e. The number of rotatable bonds is 12. The van der Waals surface area contributed by atoms with Gasteiger partial charge in [-0.3, -0.25) is 19.1 Å². The molecule has 2 heterocycles. The van der Waals surface area contributed by atoms with E-state index in [0.29, 0.717) is 11.5 Å². The molecule has 4 aromatic rings. The molecular weight excluding hydrogens is 568 g/mol. The molecular formula is C33H34N2O9. The summed E-state index contributed by atoms with van der Waals surface area (Å²) in [6.07, 6.45) is -1.28. The number of benzene rings is 3. The first kappa shape index (κ1) is 30.9. The Bertz CT molecular complexity index is 1640. The van der Waals surface area contributed by atoms with Crippen LogP contribution in [0.25, 0.3) is 0 Å². The third-order valence-corrected chi connectivity index (χ3v) is 7.88. The van der Waals surface area contributed by atoms with Gasteiger partial charge in [-0.05, 0) is 41.0 Å². The fourth-order valence-corrected chi connectivity index (χ4v) is 5.57. The van der Waals surface area contributed by atoms with Gasteiger partial charge in [-0.2, -0.15) is 0 Å². The van der Waals surface area contributed by atoms with Crippen LogP contribution >= 0.6 is 0 Å². The maximum absolute atomic E-state index is 13.3. The van der Waals surface area contributed by atoms with Crippen LogP contribution in [0, 0.1) is 0 Å². The van der Waals surface area contributed by atoms with E-state index in [1.165, 1.54) is 19.4 Å². The fraction of sp³-hybridized carbons (Fsp3) is 0.303. The summed E-state index contributed by atoms with van der Waals surface area (Å²) in [5.41, 5.74) is -2.38. The predicted octanol–water partition coefficient (Wildman–Crippen LogP) is 2.80. The summed E-state index contributed by atoms with van der Waals surface area (Å²) >= 11 is 0. The largest absolute Gasteiger partial charge is 0.497 e. The number of Topliss-reactive ketones (excluding diaryl/α,β-unsaturated/α-hetero) is 1. The number of nitrogens with one attached hydrogen (secondary N) is 1. The van der Waals surface area contributed by atoms with Crippen molar-refractivity contribution in [3.63, 3.8) is 0 Å². The first-order valence-electron chi connectivity index (χ1n) is 13.9. The highest BCUT2D eigenvalue weighted by molar-refractivity contribution is 5.89. The first-order valence-corrected chi connectivity index (χ1v) is 13.9. The second kappa shape index (κ2) is 13.0. The molecule has 0 unspecified atom stereocenters. The molecule has 1 aliphatic rings. The number of hydrogen-bond acceptors (Lipinski definition) is 9. The lowest BCUT2D eigenvalue weighted by Gasteiger charge is -2.38. The highest BCUT2D eigenvalue weighted by Crippen LogP contribution is 2.44. The number of aliphatic hydroxyl groups is 1. The van der Waals surface area contributed by atoms with Gasteiger partial charge in [0.15, 0.2) is 11.4 Å². The molecule has 0 amide bonds. The van der Waals surface area contributed by atoms with Crippen LogP contribution < -0.4 is 20.7 Å².